The van der Waals surface area contributed by atoms with Gasteiger partial charge in [-0.3, -0.25) is 4.79 Å². The number of carbonyl (C=O) groups is 1. The number of piperidine rings is 1. The van der Waals surface area contributed by atoms with Gasteiger partial charge in [-0.25, -0.2) is 0 Å². The second kappa shape index (κ2) is 6.10. The number of likely N-dealkylation sites (tertiary alicyclic amines) is 1. The van der Waals surface area contributed by atoms with Crippen molar-refractivity contribution < 1.29 is 4.79 Å². The molecule has 1 fully saturated rings. The van der Waals surface area contributed by atoms with Crippen LogP contribution < -0.4 is 5.73 Å². The Kier molecular flexibility index (Phi) is 4.02. The molecule has 1 saturated heterocycles. The van der Waals surface area contributed by atoms with E-state index in [1.165, 1.54) is 5.56 Å². The van der Waals surface area contributed by atoms with Gasteiger partial charge in [0.05, 0.1) is 0 Å². The van der Waals surface area contributed by atoms with Gasteiger partial charge in [-0.15, -0.1) is 0 Å². The topological polar surface area (TPSA) is 46.3 Å². The largest absolute Gasteiger partial charge is 0.339 e. The number of hydrogen-bond donors (Lipinski definition) is 1. The number of nitrogens with zero attached hydrogens (tertiary/aromatic N) is 1. The van der Waals surface area contributed by atoms with Gasteiger partial charge in [0.25, 0.3) is 5.91 Å². The molecular formula is C18H20N2O. The van der Waals surface area contributed by atoms with Crippen molar-refractivity contribution in [2.75, 3.05) is 13.1 Å². The Balaban J connectivity index is 1.73. The minimum atomic E-state index is 0.113. The summed E-state index contributed by atoms with van der Waals surface area (Å²) in [5, 5.41) is 0. The van der Waals surface area contributed by atoms with Crippen molar-refractivity contribution in [1.29, 1.82) is 0 Å². The summed E-state index contributed by atoms with van der Waals surface area (Å²) in [5.41, 5.74) is 8.94. The summed E-state index contributed by atoms with van der Waals surface area (Å²) in [6.07, 6.45) is 1.79. The van der Waals surface area contributed by atoms with E-state index in [1.807, 2.05) is 47.4 Å². The van der Waals surface area contributed by atoms with E-state index >= 15 is 0 Å². The maximum Gasteiger partial charge on any atom is 0.253 e. The van der Waals surface area contributed by atoms with E-state index in [1.54, 1.807) is 0 Å². The number of amides is 1. The zero-order chi connectivity index (χ0) is 14.7. The summed E-state index contributed by atoms with van der Waals surface area (Å²) in [5.74, 6) is 0.113. The molecule has 3 rings (SSSR count). The van der Waals surface area contributed by atoms with Crippen molar-refractivity contribution in [1.82, 2.24) is 4.90 Å². The van der Waals surface area contributed by atoms with Crippen LogP contribution in [0, 0.1) is 0 Å². The Morgan fingerprint density at radius 1 is 0.905 bits per heavy atom. The number of benzene rings is 2. The Morgan fingerprint density at radius 3 is 2.10 bits per heavy atom. The first kappa shape index (κ1) is 13.8. The molecule has 0 aromatic heterocycles. The molecule has 21 heavy (non-hydrogen) atoms. The van der Waals surface area contributed by atoms with Gasteiger partial charge < -0.3 is 10.6 Å². The third kappa shape index (κ3) is 3.14. The van der Waals surface area contributed by atoms with Crippen LogP contribution in [0.5, 0.6) is 0 Å². The fraction of sp³-hybridized carbons (Fsp3) is 0.278. The average molecular weight is 280 g/mol. The fourth-order valence-corrected chi connectivity index (χ4v) is 2.72. The Labute approximate surface area is 125 Å². The summed E-state index contributed by atoms with van der Waals surface area (Å²) < 4.78 is 0. The van der Waals surface area contributed by atoms with E-state index in [-0.39, 0.29) is 11.9 Å². The third-order valence-corrected chi connectivity index (χ3v) is 4.07. The van der Waals surface area contributed by atoms with Crippen LogP contribution in [0.3, 0.4) is 0 Å². The van der Waals surface area contributed by atoms with E-state index in [0.717, 1.165) is 37.1 Å². The molecule has 0 unspecified atom stereocenters. The Morgan fingerprint density at radius 2 is 1.48 bits per heavy atom. The molecule has 1 amide bonds. The minimum Gasteiger partial charge on any atom is -0.339 e. The van der Waals surface area contributed by atoms with E-state index in [0.29, 0.717) is 0 Å². The molecule has 0 radical (unpaired) electrons. The molecule has 0 spiro atoms. The van der Waals surface area contributed by atoms with Crippen LogP contribution in [-0.4, -0.2) is 29.9 Å². The van der Waals surface area contributed by atoms with Gasteiger partial charge in [-0.2, -0.15) is 0 Å². The van der Waals surface area contributed by atoms with Crippen LogP contribution in [0.4, 0.5) is 0 Å². The third-order valence-electron chi connectivity index (χ3n) is 4.07. The smallest absolute Gasteiger partial charge is 0.253 e. The lowest BCUT2D eigenvalue weighted by atomic mass is 10.0. The quantitative estimate of drug-likeness (QED) is 0.919. The lowest BCUT2D eigenvalue weighted by Crippen LogP contribution is -2.42. The minimum absolute atomic E-state index is 0.113. The van der Waals surface area contributed by atoms with E-state index in [9.17, 15) is 4.79 Å². The van der Waals surface area contributed by atoms with Crippen molar-refractivity contribution >= 4 is 5.91 Å². The number of rotatable bonds is 2. The van der Waals surface area contributed by atoms with Crippen LogP contribution in [-0.2, 0) is 0 Å². The zero-order valence-electron chi connectivity index (χ0n) is 12.0. The van der Waals surface area contributed by atoms with Gasteiger partial charge in [0.1, 0.15) is 0 Å². The van der Waals surface area contributed by atoms with Gasteiger partial charge in [0, 0.05) is 24.7 Å². The molecule has 3 heteroatoms. The zero-order valence-corrected chi connectivity index (χ0v) is 12.0. The predicted molar refractivity (Wildman–Crippen MR) is 85.0 cm³/mol. The van der Waals surface area contributed by atoms with Gasteiger partial charge in [0.2, 0.25) is 0 Å². The maximum atomic E-state index is 12.4. The second-order valence-corrected chi connectivity index (χ2v) is 5.57. The first-order valence-corrected chi connectivity index (χ1v) is 7.44. The summed E-state index contributed by atoms with van der Waals surface area (Å²) >= 11 is 0. The first-order valence-electron chi connectivity index (χ1n) is 7.44. The summed E-state index contributed by atoms with van der Waals surface area (Å²) in [7, 11) is 0. The van der Waals surface area contributed by atoms with E-state index < -0.39 is 0 Å². The van der Waals surface area contributed by atoms with Gasteiger partial charge in [-0.05, 0) is 36.1 Å². The molecule has 0 atom stereocenters. The Bertz CT molecular complexity index is 599. The predicted octanol–water partition coefficient (Wildman–Crippen LogP) is 2.92. The SMILES string of the molecule is NC1CCN(C(=O)c2ccc(-c3ccccc3)cc2)CC1. The monoisotopic (exact) mass is 280 g/mol. The highest BCUT2D eigenvalue weighted by molar-refractivity contribution is 5.94. The molecular weight excluding hydrogens is 260 g/mol. The van der Waals surface area contributed by atoms with Crippen molar-refractivity contribution in [3.8, 4) is 11.1 Å². The van der Waals surface area contributed by atoms with Crippen molar-refractivity contribution in [3.05, 3.63) is 60.2 Å². The van der Waals surface area contributed by atoms with Crippen molar-refractivity contribution in [2.45, 2.75) is 18.9 Å². The highest BCUT2D eigenvalue weighted by atomic mass is 16.2. The van der Waals surface area contributed by atoms with Crippen LogP contribution >= 0.6 is 0 Å². The number of nitrogens with two attached hydrogens (primary N) is 1. The van der Waals surface area contributed by atoms with E-state index in [4.69, 9.17) is 5.73 Å². The first-order chi connectivity index (χ1) is 10.2. The highest BCUT2D eigenvalue weighted by Crippen LogP contribution is 2.20. The highest BCUT2D eigenvalue weighted by Gasteiger charge is 2.21. The Hall–Kier alpha value is -2.13. The molecule has 108 valence electrons. The summed E-state index contributed by atoms with van der Waals surface area (Å²) in [6, 6.07) is 18.3. The molecule has 2 N–H and O–H groups in total. The normalized spacial score (nSPS) is 16.0. The molecule has 0 aliphatic carbocycles. The van der Waals surface area contributed by atoms with E-state index in [2.05, 4.69) is 12.1 Å². The van der Waals surface area contributed by atoms with Crippen molar-refractivity contribution in [3.63, 3.8) is 0 Å². The molecule has 0 bridgehead atoms. The van der Waals surface area contributed by atoms with Crippen LogP contribution in [0.15, 0.2) is 54.6 Å². The molecule has 2 aromatic rings. The molecule has 1 heterocycles. The number of carbonyl (C=O) groups excluding carboxylic acids is 1. The van der Waals surface area contributed by atoms with Crippen LogP contribution in [0.2, 0.25) is 0 Å². The van der Waals surface area contributed by atoms with Gasteiger partial charge in [0.15, 0.2) is 0 Å². The van der Waals surface area contributed by atoms with Crippen LogP contribution in [0.25, 0.3) is 11.1 Å². The van der Waals surface area contributed by atoms with Crippen molar-refractivity contribution in [2.24, 2.45) is 5.73 Å². The average Bonchev–Trinajstić information content (AvgIpc) is 2.56. The molecule has 0 saturated carbocycles. The lowest BCUT2D eigenvalue weighted by molar-refractivity contribution is 0.0715. The summed E-state index contributed by atoms with van der Waals surface area (Å²) in [4.78, 5) is 14.3. The lowest BCUT2D eigenvalue weighted by Gasteiger charge is -2.30. The number of hydrogen-bond acceptors (Lipinski definition) is 2. The molecule has 1 aliphatic heterocycles. The standard InChI is InChI=1S/C18H20N2O/c19-17-10-12-20(13-11-17)18(21)16-8-6-15(7-9-16)14-4-2-1-3-5-14/h1-9,17H,10-13,19H2. The van der Waals surface area contributed by atoms with Gasteiger partial charge in [-0.1, -0.05) is 42.5 Å². The molecule has 2 aromatic carbocycles. The summed E-state index contributed by atoms with van der Waals surface area (Å²) in [6.45, 7) is 1.53. The molecule has 1 aliphatic rings. The molecule has 3 nitrogen and oxygen atoms in total. The fourth-order valence-electron chi connectivity index (χ4n) is 2.72. The maximum absolute atomic E-state index is 12.4. The second-order valence-electron chi connectivity index (χ2n) is 5.57. The van der Waals surface area contributed by atoms with Crippen LogP contribution in [0.1, 0.15) is 23.2 Å². The van der Waals surface area contributed by atoms with Gasteiger partial charge >= 0.3 is 0 Å².